The van der Waals surface area contributed by atoms with Crippen LogP contribution in [0.5, 0.6) is 0 Å². The fourth-order valence-corrected chi connectivity index (χ4v) is 2.83. The molecule has 0 aliphatic heterocycles. The Hall–Kier alpha value is -1.07. The zero-order valence-corrected chi connectivity index (χ0v) is 14.6. The normalized spacial score (nSPS) is 18.0. The summed E-state index contributed by atoms with van der Waals surface area (Å²) in [5, 5.41) is 2.80. The summed E-state index contributed by atoms with van der Waals surface area (Å²) >= 11 is 3.46. The third-order valence-corrected chi connectivity index (χ3v) is 4.53. The van der Waals surface area contributed by atoms with Crippen LogP contribution >= 0.6 is 15.9 Å². The molecule has 4 nitrogen and oxygen atoms in total. The van der Waals surface area contributed by atoms with Gasteiger partial charge in [0, 0.05) is 15.9 Å². The zero-order chi connectivity index (χ0) is 15.8. The van der Waals surface area contributed by atoms with Gasteiger partial charge in [0.25, 0.3) is 0 Å². The van der Waals surface area contributed by atoms with Crippen LogP contribution in [-0.2, 0) is 10.2 Å². The molecule has 0 radical (unpaired) electrons. The maximum absolute atomic E-state index is 11.9. The van der Waals surface area contributed by atoms with Crippen LogP contribution in [-0.4, -0.2) is 17.7 Å². The van der Waals surface area contributed by atoms with E-state index in [1.54, 1.807) is 0 Å². The fraction of sp³-hybridized carbons (Fsp3) is 0.562. The predicted molar refractivity (Wildman–Crippen MR) is 88.6 cm³/mol. The van der Waals surface area contributed by atoms with Crippen LogP contribution < -0.4 is 11.1 Å². The highest BCUT2D eigenvalue weighted by Gasteiger charge is 2.47. The molecule has 1 aliphatic rings. The van der Waals surface area contributed by atoms with Crippen molar-refractivity contribution in [2.24, 2.45) is 5.73 Å². The van der Waals surface area contributed by atoms with Gasteiger partial charge in [-0.2, -0.15) is 0 Å². The van der Waals surface area contributed by atoms with Crippen LogP contribution in [0.1, 0.15) is 46.1 Å². The standard InChI is InChI=1S/C16H23BrN2O2/c1-10(18)16(7-8-16)11-5-6-12(17)13(9-11)19-14(20)21-15(2,3)4/h5-6,9-10H,7-8,18H2,1-4H3,(H,19,20). The van der Waals surface area contributed by atoms with Gasteiger partial charge < -0.3 is 10.5 Å². The van der Waals surface area contributed by atoms with Gasteiger partial charge in [-0.3, -0.25) is 5.32 Å². The van der Waals surface area contributed by atoms with Gasteiger partial charge in [0.15, 0.2) is 0 Å². The molecule has 1 aromatic rings. The number of rotatable bonds is 3. The van der Waals surface area contributed by atoms with E-state index in [2.05, 4.69) is 27.3 Å². The average Bonchev–Trinajstić information content (AvgIpc) is 3.10. The van der Waals surface area contributed by atoms with Gasteiger partial charge in [-0.15, -0.1) is 0 Å². The molecular weight excluding hydrogens is 332 g/mol. The minimum atomic E-state index is -0.516. The van der Waals surface area contributed by atoms with Crippen molar-refractivity contribution in [2.75, 3.05) is 5.32 Å². The number of hydrogen-bond donors (Lipinski definition) is 2. The van der Waals surface area contributed by atoms with Crippen molar-refractivity contribution >= 4 is 27.7 Å². The average molecular weight is 355 g/mol. The SMILES string of the molecule is CC(N)C1(c2ccc(Br)c(NC(=O)OC(C)(C)C)c2)CC1. The summed E-state index contributed by atoms with van der Waals surface area (Å²) in [6.07, 6.45) is 1.74. The molecule has 0 spiro atoms. The minimum Gasteiger partial charge on any atom is -0.444 e. The van der Waals surface area contributed by atoms with Crippen LogP contribution in [0.2, 0.25) is 0 Å². The monoisotopic (exact) mass is 354 g/mol. The molecule has 116 valence electrons. The first-order chi connectivity index (χ1) is 9.64. The Morgan fingerprint density at radius 1 is 1.43 bits per heavy atom. The number of anilines is 1. The number of nitrogens with two attached hydrogens (primary N) is 1. The molecule has 2 rings (SSSR count). The first kappa shape index (κ1) is 16.3. The molecule has 21 heavy (non-hydrogen) atoms. The molecule has 5 heteroatoms. The summed E-state index contributed by atoms with van der Waals surface area (Å²) in [5.41, 5.74) is 7.55. The topological polar surface area (TPSA) is 64.3 Å². The molecule has 0 heterocycles. The van der Waals surface area contributed by atoms with Crippen molar-refractivity contribution in [3.05, 3.63) is 28.2 Å². The van der Waals surface area contributed by atoms with Crippen molar-refractivity contribution in [3.8, 4) is 0 Å². The van der Waals surface area contributed by atoms with E-state index < -0.39 is 11.7 Å². The lowest BCUT2D eigenvalue weighted by atomic mass is 9.89. The van der Waals surface area contributed by atoms with E-state index in [9.17, 15) is 4.79 Å². The minimum absolute atomic E-state index is 0.0606. The highest BCUT2D eigenvalue weighted by molar-refractivity contribution is 9.10. The van der Waals surface area contributed by atoms with Gasteiger partial charge >= 0.3 is 6.09 Å². The van der Waals surface area contributed by atoms with Crippen molar-refractivity contribution in [1.29, 1.82) is 0 Å². The summed E-state index contributed by atoms with van der Waals surface area (Å²) < 4.78 is 6.12. The van der Waals surface area contributed by atoms with Crippen LogP contribution in [0.3, 0.4) is 0 Å². The van der Waals surface area contributed by atoms with Crippen molar-refractivity contribution in [1.82, 2.24) is 0 Å². The van der Waals surface area contributed by atoms with E-state index in [4.69, 9.17) is 10.5 Å². The van der Waals surface area contributed by atoms with E-state index in [-0.39, 0.29) is 11.5 Å². The van der Waals surface area contributed by atoms with Crippen molar-refractivity contribution in [3.63, 3.8) is 0 Å². The van der Waals surface area contributed by atoms with Gasteiger partial charge in [-0.1, -0.05) is 6.07 Å². The van der Waals surface area contributed by atoms with E-state index in [1.165, 1.54) is 5.56 Å². The molecular formula is C16H23BrN2O2. The summed E-state index contributed by atoms with van der Waals surface area (Å²) in [6.45, 7) is 7.56. The Labute approximate surface area is 134 Å². The summed E-state index contributed by atoms with van der Waals surface area (Å²) in [7, 11) is 0. The smallest absolute Gasteiger partial charge is 0.412 e. The summed E-state index contributed by atoms with van der Waals surface area (Å²) in [5.74, 6) is 0. The number of carbonyl (C=O) groups is 1. The molecule has 1 saturated carbocycles. The fourth-order valence-electron chi connectivity index (χ4n) is 2.49. The van der Waals surface area contributed by atoms with E-state index in [0.29, 0.717) is 5.69 Å². The summed E-state index contributed by atoms with van der Waals surface area (Å²) in [4.78, 5) is 11.9. The second-order valence-electron chi connectivity index (χ2n) is 6.77. The van der Waals surface area contributed by atoms with Crippen LogP contribution in [0.4, 0.5) is 10.5 Å². The quantitative estimate of drug-likeness (QED) is 0.855. The first-order valence-electron chi connectivity index (χ1n) is 7.20. The van der Waals surface area contributed by atoms with Crippen LogP contribution in [0.25, 0.3) is 0 Å². The Morgan fingerprint density at radius 2 is 2.05 bits per heavy atom. The van der Waals surface area contributed by atoms with Crippen molar-refractivity contribution < 1.29 is 9.53 Å². The maximum atomic E-state index is 11.9. The highest BCUT2D eigenvalue weighted by atomic mass is 79.9. The first-order valence-corrected chi connectivity index (χ1v) is 7.99. The second-order valence-corrected chi connectivity index (χ2v) is 7.62. The second kappa shape index (κ2) is 5.61. The Bertz CT molecular complexity index is 546. The molecule has 1 amide bonds. The Kier molecular flexibility index (Phi) is 4.36. The number of carbonyl (C=O) groups excluding carboxylic acids is 1. The Balaban J connectivity index is 2.19. The number of benzene rings is 1. The number of amides is 1. The molecule has 0 saturated heterocycles. The van der Waals surface area contributed by atoms with Gasteiger partial charge in [0.05, 0.1) is 5.69 Å². The number of halogens is 1. The third kappa shape index (κ3) is 3.77. The van der Waals surface area contributed by atoms with Crippen molar-refractivity contribution in [2.45, 2.75) is 57.6 Å². The molecule has 1 aliphatic carbocycles. The molecule has 1 atom stereocenters. The lowest BCUT2D eigenvalue weighted by Crippen LogP contribution is -2.31. The predicted octanol–water partition coefficient (Wildman–Crippen LogP) is 4.17. The summed E-state index contributed by atoms with van der Waals surface area (Å²) in [6, 6.07) is 6.11. The lowest BCUT2D eigenvalue weighted by molar-refractivity contribution is 0.0636. The van der Waals surface area contributed by atoms with Crippen LogP contribution in [0, 0.1) is 0 Å². The Morgan fingerprint density at radius 3 is 2.52 bits per heavy atom. The molecule has 1 unspecified atom stereocenters. The zero-order valence-electron chi connectivity index (χ0n) is 13.0. The van der Waals surface area contributed by atoms with E-state index in [1.807, 2.05) is 39.8 Å². The highest BCUT2D eigenvalue weighted by Crippen LogP contribution is 2.51. The van der Waals surface area contributed by atoms with Gasteiger partial charge in [-0.25, -0.2) is 4.79 Å². The largest absolute Gasteiger partial charge is 0.444 e. The van der Waals surface area contributed by atoms with Gasteiger partial charge in [0.2, 0.25) is 0 Å². The molecule has 3 N–H and O–H groups in total. The van der Waals surface area contributed by atoms with E-state index in [0.717, 1.165) is 17.3 Å². The van der Waals surface area contributed by atoms with Gasteiger partial charge in [-0.05, 0) is 74.2 Å². The third-order valence-electron chi connectivity index (χ3n) is 3.84. The molecule has 1 fully saturated rings. The molecule has 0 aromatic heterocycles. The number of hydrogen-bond acceptors (Lipinski definition) is 3. The number of ether oxygens (including phenoxy) is 1. The number of nitrogens with one attached hydrogen (secondary N) is 1. The van der Waals surface area contributed by atoms with E-state index >= 15 is 0 Å². The lowest BCUT2D eigenvalue weighted by Gasteiger charge is -2.23. The van der Waals surface area contributed by atoms with Crippen LogP contribution in [0.15, 0.2) is 22.7 Å². The molecule has 0 bridgehead atoms. The molecule has 1 aromatic carbocycles. The van der Waals surface area contributed by atoms with Gasteiger partial charge in [0.1, 0.15) is 5.60 Å². The maximum Gasteiger partial charge on any atom is 0.412 e.